The first-order valence-corrected chi connectivity index (χ1v) is 10.6. The van der Waals surface area contributed by atoms with Gasteiger partial charge in [0.15, 0.2) is 5.69 Å². The van der Waals surface area contributed by atoms with Gasteiger partial charge in [0.1, 0.15) is 11.5 Å². The number of hydrogen-bond donors (Lipinski definition) is 4. The Kier molecular flexibility index (Phi) is 5.49. The quantitative estimate of drug-likeness (QED) is 0.235. The lowest BCUT2D eigenvalue weighted by Gasteiger charge is -2.19. The Bertz CT molecular complexity index is 1440. The highest BCUT2D eigenvalue weighted by molar-refractivity contribution is 6.02. The average molecular weight is 475 g/mol. The molecule has 5 rings (SSSR count). The fourth-order valence-corrected chi connectivity index (χ4v) is 3.95. The number of nitrogens with zero attached hydrogens (tertiary/aromatic N) is 7. The molecule has 2 aromatic heterocycles. The van der Waals surface area contributed by atoms with Crippen molar-refractivity contribution in [2.24, 2.45) is 5.10 Å². The molecule has 178 valence electrons. The van der Waals surface area contributed by atoms with Crippen molar-refractivity contribution < 1.29 is 19.6 Å². The number of nitrogen functional groups attached to an aromatic ring is 1. The smallest absolute Gasteiger partial charge is 0.293 e. The van der Waals surface area contributed by atoms with E-state index in [1.54, 1.807) is 6.92 Å². The number of benzene rings is 2. The number of phenolic OH excluding ortho intramolecular Hbond substituents is 2. The molecule has 1 aliphatic rings. The van der Waals surface area contributed by atoms with E-state index in [1.165, 1.54) is 28.4 Å². The first-order chi connectivity index (χ1) is 16.9. The van der Waals surface area contributed by atoms with Crippen LogP contribution in [0.25, 0.3) is 5.82 Å². The maximum Gasteiger partial charge on any atom is 0.293 e. The zero-order valence-electron chi connectivity index (χ0n) is 18.6. The van der Waals surface area contributed by atoms with Crippen LogP contribution in [0.15, 0.2) is 52.2 Å². The molecule has 0 aliphatic carbocycles. The molecule has 0 saturated carbocycles. The molecule has 0 atom stereocenters. The molecule has 35 heavy (non-hydrogen) atoms. The van der Waals surface area contributed by atoms with E-state index >= 15 is 0 Å². The number of carbonyl (C=O) groups excluding carboxylic acids is 1. The van der Waals surface area contributed by atoms with Crippen molar-refractivity contribution in [1.82, 2.24) is 30.7 Å². The third-order valence-corrected chi connectivity index (χ3v) is 5.69. The summed E-state index contributed by atoms with van der Waals surface area (Å²) in [4.78, 5) is 15.2. The molecule has 0 bridgehead atoms. The highest BCUT2D eigenvalue weighted by atomic mass is 16.6. The summed E-state index contributed by atoms with van der Waals surface area (Å²) >= 11 is 0. The molecule has 0 unspecified atom stereocenters. The van der Waals surface area contributed by atoms with Gasteiger partial charge in [0.2, 0.25) is 11.6 Å². The number of carbonyl (C=O) groups is 1. The minimum atomic E-state index is -0.619. The maximum atomic E-state index is 13.1. The van der Waals surface area contributed by atoms with Gasteiger partial charge in [-0.15, -0.1) is 5.10 Å². The molecule has 5 N–H and O–H groups in total. The molecule has 0 fully saturated rings. The summed E-state index contributed by atoms with van der Waals surface area (Å²) in [6, 6.07) is 12.1. The largest absolute Gasteiger partial charge is 0.508 e. The Morgan fingerprint density at radius 2 is 2.06 bits per heavy atom. The van der Waals surface area contributed by atoms with Gasteiger partial charge in [-0.3, -0.25) is 4.79 Å². The number of aromatic hydroxyl groups is 2. The molecule has 2 aromatic carbocycles. The summed E-state index contributed by atoms with van der Waals surface area (Å²) in [6.45, 7) is 2.64. The van der Waals surface area contributed by atoms with Crippen molar-refractivity contribution in [3.05, 3.63) is 65.0 Å². The summed E-state index contributed by atoms with van der Waals surface area (Å²) in [5, 5.41) is 39.1. The van der Waals surface area contributed by atoms with Gasteiger partial charge >= 0.3 is 0 Å². The molecule has 1 aliphatic heterocycles. The normalized spacial score (nSPS) is 13.2. The molecule has 1 amide bonds. The van der Waals surface area contributed by atoms with E-state index < -0.39 is 5.91 Å². The van der Waals surface area contributed by atoms with Crippen molar-refractivity contribution in [3.63, 3.8) is 0 Å². The highest BCUT2D eigenvalue weighted by Crippen LogP contribution is 2.30. The van der Waals surface area contributed by atoms with E-state index in [-0.39, 0.29) is 28.8 Å². The molecule has 0 saturated heterocycles. The third-order valence-electron chi connectivity index (χ3n) is 5.69. The summed E-state index contributed by atoms with van der Waals surface area (Å²) in [6.07, 6.45) is 0.868. The molecule has 13 nitrogen and oxygen atoms in total. The molecule has 3 heterocycles. The molecule has 13 heteroatoms. The molecular weight excluding hydrogens is 454 g/mol. The average Bonchev–Trinajstić information content (AvgIpc) is 3.56. The van der Waals surface area contributed by atoms with Crippen LogP contribution in [0.2, 0.25) is 0 Å². The third kappa shape index (κ3) is 4.10. The Hall–Kier alpha value is -4.94. The summed E-state index contributed by atoms with van der Waals surface area (Å²) < 4.78 is 6.03. The molecular formula is C22H21N9O4. The SMILES string of the molecule is C/C(=N\NC(=O)c1nnn(-c2nonc2N)c1CN1CCc2ccccc21)c1ccc(O)cc1O. The van der Waals surface area contributed by atoms with Crippen LogP contribution >= 0.6 is 0 Å². The van der Waals surface area contributed by atoms with Gasteiger partial charge < -0.3 is 20.8 Å². The Labute approximate surface area is 198 Å². The number of hydrogen-bond acceptors (Lipinski definition) is 11. The summed E-state index contributed by atoms with van der Waals surface area (Å²) in [5.41, 5.74) is 11.7. The van der Waals surface area contributed by atoms with Gasteiger partial charge in [0.25, 0.3) is 5.91 Å². The lowest BCUT2D eigenvalue weighted by Crippen LogP contribution is -2.26. The van der Waals surface area contributed by atoms with Gasteiger partial charge in [0, 0.05) is 23.9 Å². The predicted octanol–water partition coefficient (Wildman–Crippen LogP) is 1.36. The second-order valence-electron chi connectivity index (χ2n) is 7.91. The second kappa shape index (κ2) is 8.78. The van der Waals surface area contributed by atoms with Crippen molar-refractivity contribution in [1.29, 1.82) is 0 Å². The molecule has 0 radical (unpaired) electrons. The lowest BCUT2D eigenvalue weighted by atomic mass is 10.1. The monoisotopic (exact) mass is 475 g/mol. The number of para-hydroxylation sites is 1. The minimum Gasteiger partial charge on any atom is -0.508 e. The number of aromatic nitrogens is 5. The highest BCUT2D eigenvalue weighted by Gasteiger charge is 2.28. The zero-order chi connectivity index (χ0) is 24.5. The number of nitrogens with one attached hydrogen (secondary N) is 1. The number of rotatable bonds is 6. The first kappa shape index (κ1) is 21.9. The van der Waals surface area contributed by atoms with Crippen molar-refractivity contribution in [2.45, 2.75) is 19.9 Å². The number of phenols is 2. The summed E-state index contributed by atoms with van der Waals surface area (Å²) in [5.74, 6) is -0.760. The minimum absolute atomic E-state index is 0.00148. The Morgan fingerprint density at radius 3 is 2.83 bits per heavy atom. The van der Waals surface area contributed by atoms with E-state index in [0.29, 0.717) is 23.5 Å². The Balaban J connectivity index is 1.46. The van der Waals surface area contributed by atoms with Crippen LogP contribution in [-0.4, -0.2) is 53.7 Å². The van der Waals surface area contributed by atoms with Crippen LogP contribution in [0, 0.1) is 0 Å². The van der Waals surface area contributed by atoms with Crippen LogP contribution < -0.4 is 16.1 Å². The van der Waals surface area contributed by atoms with Crippen molar-refractivity contribution in [2.75, 3.05) is 17.2 Å². The number of amides is 1. The summed E-state index contributed by atoms with van der Waals surface area (Å²) in [7, 11) is 0. The maximum absolute atomic E-state index is 13.1. The standard InChI is InChI=1S/C22H21N9O4/c1-12(15-7-6-14(32)10-18(15)33)24-26-22(34)19-17(31(29-25-19)21-20(23)27-35-28-21)11-30-9-8-13-4-2-3-5-16(13)30/h2-7,10,32-33H,8-9,11H2,1H3,(H2,23,27)(H,26,34)/b24-12+. The van der Waals surface area contributed by atoms with E-state index in [2.05, 4.69) is 42.1 Å². The topological polar surface area (TPSA) is 181 Å². The fraction of sp³-hybridized carbons (Fsp3) is 0.182. The van der Waals surface area contributed by atoms with Crippen molar-refractivity contribution >= 4 is 23.1 Å². The van der Waals surface area contributed by atoms with Crippen LogP contribution in [0.5, 0.6) is 11.5 Å². The van der Waals surface area contributed by atoms with E-state index in [0.717, 1.165) is 18.7 Å². The zero-order valence-corrected chi connectivity index (χ0v) is 18.6. The Morgan fingerprint density at radius 1 is 1.23 bits per heavy atom. The van der Waals surface area contributed by atoms with Crippen LogP contribution in [0.1, 0.15) is 34.2 Å². The van der Waals surface area contributed by atoms with E-state index in [1.807, 2.05) is 18.2 Å². The second-order valence-corrected chi connectivity index (χ2v) is 7.91. The number of nitrogens with two attached hydrogens (primary N) is 1. The number of hydrazone groups is 1. The van der Waals surface area contributed by atoms with Crippen molar-refractivity contribution in [3.8, 4) is 17.3 Å². The predicted molar refractivity (Wildman–Crippen MR) is 124 cm³/mol. The number of anilines is 2. The van der Waals surface area contributed by atoms with Crippen LogP contribution in [-0.2, 0) is 13.0 Å². The van der Waals surface area contributed by atoms with Gasteiger partial charge in [-0.1, -0.05) is 23.4 Å². The van der Waals surface area contributed by atoms with Gasteiger partial charge in [-0.25, -0.2) is 10.1 Å². The van der Waals surface area contributed by atoms with Gasteiger partial charge in [0.05, 0.1) is 18.0 Å². The number of fused-ring (bicyclic) bond motifs is 1. The molecule has 0 spiro atoms. The lowest BCUT2D eigenvalue weighted by molar-refractivity contribution is 0.0948. The van der Waals surface area contributed by atoms with Gasteiger partial charge in [-0.2, -0.15) is 9.78 Å². The first-order valence-electron chi connectivity index (χ1n) is 10.6. The van der Waals surface area contributed by atoms with Crippen LogP contribution in [0.3, 0.4) is 0 Å². The van der Waals surface area contributed by atoms with E-state index in [9.17, 15) is 15.0 Å². The van der Waals surface area contributed by atoms with Gasteiger partial charge in [-0.05, 0) is 47.4 Å². The van der Waals surface area contributed by atoms with Crippen LogP contribution in [0.4, 0.5) is 11.5 Å². The molecule has 4 aromatic rings. The fourth-order valence-electron chi connectivity index (χ4n) is 3.95. The van der Waals surface area contributed by atoms with E-state index in [4.69, 9.17) is 10.4 Å².